The molecule has 232 valence electrons. The molecule has 13 heteroatoms. The summed E-state index contributed by atoms with van der Waals surface area (Å²) in [6.45, 7) is 2.67. The topological polar surface area (TPSA) is 106 Å². The first-order valence-corrected chi connectivity index (χ1v) is 17.1. The van der Waals surface area contributed by atoms with E-state index in [1.807, 2.05) is 30.3 Å². The Balaban J connectivity index is 1.39. The number of benzene rings is 2. The summed E-state index contributed by atoms with van der Waals surface area (Å²) in [6.07, 6.45) is 4.40. The molecule has 0 radical (unpaired) electrons. The minimum absolute atomic E-state index is 0.0217. The van der Waals surface area contributed by atoms with Crippen molar-refractivity contribution in [3.8, 4) is 16.5 Å². The first-order valence-electron chi connectivity index (χ1n) is 14.7. The molecule has 7 rings (SSSR count). The number of halogens is 1. The number of nitrogens with zero attached hydrogens (tertiary/aromatic N) is 5. The smallest absolute Gasteiger partial charge is 0.301 e. The zero-order valence-corrected chi connectivity index (χ0v) is 25.9. The number of hydrogen-bond donors (Lipinski definition) is 0. The zero-order chi connectivity index (χ0) is 31.0. The molecule has 5 aromatic rings. The second-order valence-electron chi connectivity index (χ2n) is 10.9. The van der Waals surface area contributed by atoms with Gasteiger partial charge >= 0.3 is 5.56 Å². The molecule has 5 heterocycles. The first-order chi connectivity index (χ1) is 21.9. The van der Waals surface area contributed by atoms with E-state index >= 15 is 0 Å². The van der Waals surface area contributed by atoms with Crippen LogP contribution in [-0.4, -0.2) is 61.4 Å². The van der Waals surface area contributed by atoms with Gasteiger partial charge in [0.2, 0.25) is 15.8 Å². The summed E-state index contributed by atoms with van der Waals surface area (Å²) in [6, 6.07) is 17.6. The van der Waals surface area contributed by atoms with Crippen LogP contribution in [0.4, 0.5) is 15.8 Å². The van der Waals surface area contributed by atoms with Crippen molar-refractivity contribution in [2.45, 2.75) is 19.4 Å². The molecule has 2 aliphatic heterocycles. The maximum absolute atomic E-state index is 14.4. The van der Waals surface area contributed by atoms with Gasteiger partial charge in [-0.15, -0.1) is 11.3 Å². The second-order valence-corrected chi connectivity index (χ2v) is 14.1. The lowest BCUT2D eigenvalue weighted by Gasteiger charge is -2.30. The number of thiazole rings is 1. The molecule has 2 aromatic carbocycles. The van der Waals surface area contributed by atoms with Gasteiger partial charge in [0.05, 0.1) is 30.3 Å². The van der Waals surface area contributed by atoms with Crippen LogP contribution in [0.5, 0.6) is 5.75 Å². The van der Waals surface area contributed by atoms with Crippen molar-refractivity contribution in [3.63, 3.8) is 0 Å². The third kappa shape index (κ3) is 6.02. The average molecular weight is 648 g/mol. The number of ether oxygens (including phenoxy) is 2. The van der Waals surface area contributed by atoms with Gasteiger partial charge in [-0.05, 0) is 35.7 Å². The normalized spacial score (nSPS) is 16.4. The summed E-state index contributed by atoms with van der Waals surface area (Å²) in [5.41, 5.74) is 2.81. The van der Waals surface area contributed by atoms with Crippen LogP contribution in [0.1, 0.15) is 22.4 Å². The molecule has 2 fully saturated rings. The standard InChI is InChI=1S/C32H30FN5O5S2/c33-24-9-7-22(8-10-24)17-26-19-34-31(44-26)28-29(43-21-23-5-2-1-3-6-23)32(39)37-20-25(36-12-14-42-15-13-36)18-27(30(37)35-28)38-11-4-16-45(38,40)41/h1-3,5-10,18-20H,4,11-17,21H2. The molecule has 2 aliphatic rings. The van der Waals surface area contributed by atoms with Gasteiger partial charge in [-0.3, -0.25) is 13.5 Å². The van der Waals surface area contributed by atoms with Crippen LogP contribution >= 0.6 is 11.3 Å². The van der Waals surface area contributed by atoms with Crippen molar-refractivity contribution in [2.24, 2.45) is 0 Å². The van der Waals surface area contributed by atoms with E-state index in [0.717, 1.165) is 16.0 Å². The Morgan fingerprint density at radius 3 is 2.51 bits per heavy atom. The third-order valence-electron chi connectivity index (χ3n) is 7.87. The molecule has 0 N–H and O–H groups in total. The van der Waals surface area contributed by atoms with Crippen LogP contribution in [0.3, 0.4) is 0 Å². The molecule has 0 saturated carbocycles. The summed E-state index contributed by atoms with van der Waals surface area (Å²) in [5, 5.41) is 0.460. The molecule has 0 unspecified atom stereocenters. The predicted octanol–water partition coefficient (Wildman–Crippen LogP) is 4.50. The van der Waals surface area contributed by atoms with E-state index in [9.17, 15) is 17.6 Å². The number of aromatic nitrogens is 3. The molecule has 0 atom stereocenters. The predicted molar refractivity (Wildman–Crippen MR) is 171 cm³/mol. The van der Waals surface area contributed by atoms with Gasteiger partial charge in [-0.2, -0.15) is 0 Å². The lowest BCUT2D eigenvalue weighted by molar-refractivity contribution is 0.122. The number of morpholine rings is 1. The van der Waals surface area contributed by atoms with Gasteiger partial charge in [-0.25, -0.2) is 22.8 Å². The molecular formula is C32H30FN5O5S2. The number of anilines is 2. The molecule has 2 saturated heterocycles. The minimum Gasteiger partial charge on any atom is -0.481 e. The zero-order valence-electron chi connectivity index (χ0n) is 24.3. The van der Waals surface area contributed by atoms with Crippen molar-refractivity contribution in [3.05, 3.63) is 105 Å². The maximum atomic E-state index is 14.4. The monoisotopic (exact) mass is 647 g/mol. The third-order valence-corrected chi connectivity index (χ3v) is 10.7. The van der Waals surface area contributed by atoms with Gasteiger partial charge in [0.1, 0.15) is 23.1 Å². The Morgan fingerprint density at radius 1 is 1.00 bits per heavy atom. The summed E-state index contributed by atoms with van der Waals surface area (Å²) in [5.74, 6) is -0.263. The Morgan fingerprint density at radius 2 is 1.78 bits per heavy atom. The number of hydrogen-bond acceptors (Lipinski definition) is 9. The quantitative estimate of drug-likeness (QED) is 0.243. The number of fused-ring (bicyclic) bond motifs is 1. The van der Waals surface area contributed by atoms with Crippen LogP contribution < -0.4 is 19.5 Å². The Hall–Kier alpha value is -4.33. The van der Waals surface area contributed by atoms with E-state index in [1.165, 1.54) is 32.2 Å². The highest BCUT2D eigenvalue weighted by Crippen LogP contribution is 2.36. The van der Waals surface area contributed by atoms with Gasteiger partial charge in [-0.1, -0.05) is 42.5 Å². The SMILES string of the molecule is O=c1c(OCc2ccccc2)c(-c2ncc(Cc3ccc(F)cc3)s2)nc2c(N3CCCS3(=O)=O)cc(N3CCOCC3)cn12. The van der Waals surface area contributed by atoms with E-state index in [-0.39, 0.29) is 35.3 Å². The number of pyridine rings is 1. The Bertz CT molecular complexity index is 2010. The fraction of sp³-hybridized carbons (Fsp3) is 0.281. The minimum atomic E-state index is -3.60. The van der Waals surface area contributed by atoms with Gasteiger partial charge in [0.15, 0.2) is 5.65 Å². The molecule has 0 spiro atoms. The fourth-order valence-electron chi connectivity index (χ4n) is 5.59. The second kappa shape index (κ2) is 12.2. The maximum Gasteiger partial charge on any atom is 0.301 e. The van der Waals surface area contributed by atoms with Crippen molar-refractivity contribution >= 4 is 38.4 Å². The fourth-order valence-corrected chi connectivity index (χ4v) is 8.08. The van der Waals surface area contributed by atoms with E-state index < -0.39 is 15.6 Å². The van der Waals surface area contributed by atoms with Crippen molar-refractivity contribution in [1.82, 2.24) is 14.4 Å². The molecule has 3 aromatic heterocycles. The van der Waals surface area contributed by atoms with Gasteiger partial charge < -0.3 is 14.4 Å². The van der Waals surface area contributed by atoms with Gasteiger partial charge in [0.25, 0.3) is 0 Å². The summed E-state index contributed by atoms with van der Waals surface area (Å²) < 4.78 is 54.3. The molecule has 0 bridgehead atoms. The van der Waals surface area contributed by atoms with E-state index in [0.29, 0.717) is 62.1 Å². The highest BCUT2D eigenvalue weighted by atomic mass is 32.2. The molecule has 45 heavy (non-hydrogen) atoms. The summed E-state index contributed by atoms with van der Waals surface area (Å²) in [7, 11) is -3.60. The summed E-state index contributed by atoms with van der Waals surface area (Å²) >= 11 is 1.35. The Labute approximate surface area is 263 Å². The Kier molecular flexibility index (Phi) is 7.98. The van der Waals surface area contributed by atoms with Crippen LogP contribution in [0.15, 0.2) is 77.9 Å². The van der Waals surface area contributed by atoms with E-state index in [4.69, 9.17) is 14.5 Å². The first kappa shape index (κ1) is 29.4. The molecule has 0 aliphatic carbocycles. The van der Waals surface area contributed by atoms with E-state index in [1.54, 1.807) is 30.6 Å². The van der Waals surface area contributed by atoms with Gasteiger partial charge in [0, 0.05) is 43.3 Å². The number of rotatable bonds is 8. The molecular weight excluding hydrogens is 618 g/mol. The summed E-state index contributed by atoms with van der Waals surface area (Å²) in [4.78, 5) is 26.9. The molecule has 0 amide bonds. The van der Waals surface area contributed by atoms with Crippen LogP contribution in [0.25, 0.3) is 16.3 Å². The van der Waals surface area contributed by atoms with Crippen LogP contribution in [-0.2, 0) is 27.8 Å². The van der Waals surface area contributed by atoms with Crippen molar-refractivity contribution in [2.75, 3.05) is 47.8 Å². The lowest BCUT2D eigenvalue weighted by Crippen LogP contribution is -2.37. The largest absolute Gasteiger partial charge is 0.481 e. The molecule has 10 nitrogen and oxygen atoms in total. The highest BCUT2D eigenvalue weighted by Gasteiger charge is 2.32. The van der Waals surface area contributed by atoms with Crippen LogP contribution in [0.2, 0.25) is 0 Å². The highest BCUT2D eigenvalue weighted by molar-refractivity contribution is 7.93. The lowest BCUT2D eigenvalue weighted by atomic mass is 10.1. The van der Waals surface area contributed by atoms with Crippen molar-refractivity contribution < 1.29 is 22.3 Å². The van der Waals surface area contributed by atoms with Crippen molar-refractivity contribution in [1.29, 1.82) is 0 Å². The number of sulfonamides is 1. The van der Waals surface area contributed by atoms with E-state index in [2.05, 4.69) is 9.88 Å². The van der Waals surface area contributed by atoms with Crippen LogP contribution in [0, 0.1) is 5.82 Å². The average Bonchev–Trinajstić information content (AvgIpc) is 3.67.